The van der Waals surface area contributed by atoms with Crippen molar-refractivity contribution in [3.8, 4) is 0 Å². The van der Waals surface area contributed by atoms with Crippen molar-refractivity contribution in [3.05, 3.63) is 123 Å². The largest absolute Gasteiger partial charge is 0.296 e. The number of hydrogen-bond acceptors (Lipinski definition) is 5. The van der Waals surface area contributed by atoms with E-state index in [0.717, 1.165) is 0 Å². The van der Waals surface area contributed by atoms with Gasteiger partial charge < -0.3 is 0 Å². The molecule has 2 heterocycles. The molecule has 0 fully saturated rings. The van der Waals surface area contributed by atoms with Crippen molar-refractivity contribution >= 4 is 45.3 Å². The number of nitro groups is 1. The van der Waals surface area contributed by atoms with Gasteiger partial charge in [0, 0.05) is 39.2 Å². The molecule has 5 aromatic rings. The van der Waals surface area contributed by atoms with E-state index in [9.17, 15) is 19.7 Å². The van der Waals surface area contributed by atoms with Crippen molar-refractivity contribution in [1.29, 1.82) is 0 Å². The van der Waals surface area contributed by atoms with Gasteiger partial charge in [0.1, 0.15) is 6.33 Å². The second-order valence-electron chi connectivity index (χ2n) is 7.40. The Balaban J connectivity index is 1.74. The van der Waals surface area contributed by atoms with Gasteiger partial charge in [-0.05, 0) is 36.4 Å². The van der Waals surface area contributed by atoms with Gasteiger partial charge in [0.2, 0.25) is 5.78 Å². The molecule has 0 bridgehead atoms. The number of non-ortho nitro benzene ring substituents is 1. The quantitative estimate of drug-likeness (QED) is 0.198. The summed E-state index contributed by atoms with van der Waals surface area (Å²) >= 11 is 6.12. The number of hydrogen-bond donors (Lipinski definition) is 0. The van der Waals surface area contributed by atoms with E-state index in [2.05, 4.69) is 4.98 Å². The topological polar surface area (TPSA) is 94.6 Å². The minimum Gasteiger partial charge on any atom is -0.296 e. The minimum atomic E-state index is -0.529. The zero-order valence-corrected chi connectivity index (χ0v) is 17.7. The first-order valence-electron chi connectivity index (χ1n) is 9.92. The van der Waals surface area contributed by atoms with Crippen LogP contribution in [0.4, 0.5) is 5.69 Å². The number of nitrogens with zero attached hydrogens (tertiary/aromatic N) is 3. The summed E-state index contributed by atoms with van der Waals surface area (Å²) in [5.41, 5.74) is 2.33. The smallest absolute Gasteiger partial charge is 0.269 e. The van der Waals surface area contributed by atoms with Crippen molar-refractivity contribution in [2.24, 2.45) is 0 Å². The van der Waals surface area contributed by atoms with E-state index >= 15 is 0 Å². The van der Waals surface area contributed by atoms with Crippen molar-refractivity contribution in [2.75, 3.05) is 0 Å². The Bertz CT molecular complexity index is 1570. The van der Waals surface area contributed by atoms with E-state index in [-0.39, 0.29) is 28.5 Å². The Hall–Kier alpha value is -4.36. The molecular formula is C25H14ClN3O4. The van der Waals surface area contributed by atoms with Gasteiger partial charge in [0.25, 0.3) is 5.69 Å². The number of halogens is 1. The lowest BCUT2D eigenvalue weighted by Crippen LogP contribution is -2.06. The third kappa shape index (κ3) is 3.54. The predicted octanol–water partition coefficient (Wildman–Crippen LogP) is 5.51. The standard InChI is InChI=1S/C25H14ClN3O4/c26-17-8-11-19-21(12-17)27-14-28-22(25(31)16-6-9-18(10-7-16)29(32)33)13-20(23(19)28)24(30)15-4-2-1-3-5-15/h1-14H. The average Bonchev–Trinajstić information content (AvgIpc) is 3.23. The Kier molecular flexibility index (Phi) is 4.95. The third-order valence-electron chi connectivity index (χ3n) is 5.42. The summed E-state index contributed by atoms with van der Waals surface area (Å²) in [6.45, 7) is 0. The fourth-order valence-corrected chi connectivity index (χ4v) is 3.99. The summed E-state index contributed by atoms with van der Waals surface area (Å²) in [5, 5.41) is 12.1. The fourth-order valence-electron chi connectivity index (χ4n) is 3.83. The van der Waals surface area contributed by atoms with Crippen LogP contribution >= 0.6 is 11.6 Å². The van der Waals surface area contributed by atoms with Crippen molar-refractivity contribution in [1.82, 2.24) is 9.38 Å². The van der Waals surface area contributed by atoms with Gasteiger partial charge in [0.15, 0.2) is 5.78 Å². The highest BCUT2D eigenvalue weighted by molar-refractivity contribution is 6.31. The Labute approximate surface area is 192 Å². The van der Waals surface area contributed by atoms with Crippen LogP contribution in [0.3, 0.4) is 0 Å². The highest BCUT2D eigenvalue weighted by Gasteiger charge is 2.24. The zero-order valence-electron chi connectivity index (χ0n) is 16.9. The van der Waals surface area contributed by atoms with Crippen molar-refractivity contribution < 1.29 is 14.5 Å². The molecule has 0 saturated carbocycles. The van der Waals surface area contributed by atoms with Gasteiger partial charge >= 0.3 is 0 Å². The highest BCUT2D eigenvalue weighted by Crippen LogP contribution is 2.29. The monoisotopic (exact) mass is 455 g/mol. The van der Waals surface area contributed by atoms with Crippen LogP contribution in [-0.4, -0.2) is 25.9 Å². The molecule has 33 heavy (non-hydrogen) atoms. The van der Waals surface area contributed by atoms with E-state index in [1.54, 1.807) is 52.9 Å². The number of carbonyl (C=O) groups excluding carboxylic acids is 2. The first kappa shape index (κ1) is 20.5. The van der Waals surface area contributed by atoms with E-state index in [4.69, 9.17) is 11.6 Å². The van der Waals surface area contributed by atoms with Crippen LogP contribution < -0.4 is 0 Å². The maximum absolute atomic E-state index is 13.4. The number of aromatic nitrogens is 2. The van der Waals surface area contributed by atoms with Crippen LogP contribution in [-0.2, 0) is 0 Å². The summed E-state index contributed by atoms with van der Waals surface area (Å²) in [7, 11) is 0. The molecule has 0 atom stereocenters. The molecule has 5 rings (SSSR count). The summed E-state index contributed by atoms with van der Waals surface area (Å²) in [6, 6.07) is 20.8. The lowest BCUT2D eigenvalue weighted by molar-refractivity contribution is -0.384. The molecule has 0 N–H and O–H groups in total. The molecule has 2 aromatic heterocycles. The van der Waals surface area contributed by atoms with Crippen molar-refractivity contribution in [2.45, 2.75) is 0 Å². The van der Waals surface area contributed by atoms with Crippen LogP contribution in [0.5, 0.6) is 0 Å². The molecular weight excluding hydrogens is 442 g/mol. The molecule has 0 radical (unpaired) electrons. The molecule has 0 unspecified atom stereocenters. The number of nitro benzene ring substituents is 1. The maximum atomic E-state index is 13.4. The number of fused-ring (bicyclic) bond motifs is 3. The second kappa shape index (κ2) is 7.96. The molecule has 0 spiro atoms. The van der Waals surface area contributed by atoms with Crippen LogP contribution in [0.2, 0.25) is 5.02 Å². The van der Waals surface area contributed by atoms with Gasteiger partial charge in [-0.2, -0.15) is 0 Å². The average molecular weight is 456 g/mol. The van der Waals surface area contributed by atoms with Crippen molar-refractivity contribution in [3.63, 3.8) is 0 Å². The molecule has 0 aliphatic carbocycles. The van der Waals surface area contributed by atoms with Crippen LogP contribution in [0.25, 0.3) is 16.4 Å². The summed E-state index contributed by atoms with van der Waals surface area (Å²) in [6.07, 6.45) is 1.48. The van der Waals surface area contributed by atoms with Gasteiger partial charge in [-0.3, -0.25) is 24.1 Å². The number of ketones is 2. The van der Waals surface area contributed by atoms with Gasteiger partial charge in [0.05, 0.1) is 21.7 Å². The molecule has 160 valence electrons. The summed E-state index contributed by atoms with van der Waals surface area (Å²) in [4.78, 5) is 41.6. The molecule has 7 nitrogen and oxygen atoms in total. The predicted molar refractivity (Wildman–Crippen MR) is 124 cm³/mol. The molecule has 3 aromatic carbocycles. The van der Waals surface area contributed by atoms with Crippen LogP contribution in [0, 0.1) is 10.1 Å². The SMILES string of the molecule is O=C(c1ccccc1)c1cc(C(=O)c2ccc([N+](=O)[O-])cc2)n2cnc3cc(Cl)ccc3c12. The van der Waals surface area contributed by atoms with E-state index in [1.165, 1.54) is 30.6 Å². The molecule has 0 aliphatic heterocycles. The van der Waals surface area contributed by atoms with E-state index in [1.807, 2.05) is 6.07 Å². The minimum absolute atomic E-state index is 0.115. The van der Waals surface area contributed by atoms with Gasteiger partial charge in [-0.1, -0.05) is 41.9 Å². The molecule has 0 aliphatic rings. The lowest BCUT2D eigenvalue weighted by atomic mass is 10.0. The molecule has 0 amide bonds. The first-order chi connectivity index (χ1) is 15.9. The van der Waals surface area contributed by atoms with Crippen LogP contribution in [0.15, 0.2) is 85.2 Å². The maximum Gasteiger partial charge on any atom is 0.269 e. The highest BCUT2D eigenvalue weighted by atomic mass is 35.5. The number of carbonyl (C=O) groups is 2. The third-order valence-corrected chi connectivity index (χ3v) is 5.65. The molecule has 0 saturated heterocycles. The normalized spacial score (nSPS) is 11.1. The Morgan fingerprint density at radius 1 is 0.879 bits per heavy atom. The van der Waals surface area contributed by atoms with Gasteiger partial charge in [-0.15, -0.1) is 0 Å². The summed E-state index contributed by atoms with van der Waals surface area (Å²) < 4.78 is 1.58. The number of benzene rings is 3. The second-order valence-corrected chi connectivity index (χ2v) is 7.83. The zero-order chi connectivity index (χ0) is 23.1. The summed E-state index contributed by atoms with van der Waals surface area (Å²) in [5.74, 6) is -0.625. The Morgan fingerprint density at radius 2 is 1.58 bits per heavy atom. The fraction of sp³-hybridized carbons (Fsp3) is 0. The van der Waals surface area contributed by atoms with E-state index in [0.29, 0.717) is 32.6 Å². The van der Waals surface area contributed by atoms with Gasteiger partial charge in [-0.25, -0.2) is 4.98 Å². The van der Waals surface area contributed by atoms with Crippen LogP contribution in [0.1, 0.15) is 32.0 Å². The molecule has 8 heteroatoms. The lowest BCUT2D eigenvalue weighted by Gasteiger charge is -2.06. The first-order valence-corrected chi connectivity index (χ1v) is 10.3. The Morgan fingerprint density at radius 3 is 2.27 bits per heavy atom. The number of rotatable bonds is 5. The van der Waals surface area contributed by atoms with E-state index < -0.39 is 4.92 Å².